The van der Waals surface area contributed by atoms with Crippen LogP contribution in [0.4, 0.5) is 10.1 Å². The molecule has 1 aromatic heterocycles. The van der Waals surface area contributed by atoms with Gasteiger partial charge in [0.1, 0.15) is 11.5 Å². The Kier molecular flexibility index (Phi) is 5.61. The van der Waals surface area contributed by atoms with Gasteiger partial charge < -0.3 is 10.2 Å². The van der Waals surface area contributed by atoms with Gasteiger partial charge in [-0.3, -0.25) is 14.3 Å². The van der Waals surface area contributed by atoms with Crippen LogP contribution in [0.5, 0.6) is 0 Å². The lowest BCUT2D eigenvalue weighted by atomic mass is 9.96. The van der Waals surface area contributed by atoms with Crippen molar-refractivity contribution < 1.29 is 14.0 Å². The van der Waals surface area contributed by atoms with E-state index in [1.54, 1.807) is 47.1 Å². The summed E-state index contributed by atoms with van der Waals surface area (Å²) in [6, 6.07) is 15.4. The van der Waals surface area contributed by atoms with E-state index in [2.05, 4.69) is 10.4 Å². The van der Waals surface area contributed by atoms with E-state index in [0.29, 0.717) is 24.5 Å². The Morgan fingerprint density at radius 3 is 2.60 bits per heavy atom. The van der Waals surface area contributed by atoms with Gasteiger partial charge in [-0.15, -0.1) is 0 Å². The zero-order valence-corrected chi connectivity index (χ0v) is 16.7. The molecule has 0 saturated carbocycles. The maximum absolute atomic E-state index is 13.4. The third-order valence-electron chi connectivity index (χ3n) is 5.43. The molecule has 154 valence electrons. The first kappa shape index (κ1) is 19.8. The molecule has 1 saturated heterocycles. The van der Waals surface area contributed by atoms with E-state index < -0.39 is 0 Å². The van der Waals surface area contributed by atoms with Crippen molar-refractivity contribution in [3.8, 4) is 11.1 Å². The summed E-state index contributed by atoms with van der Waals surface area (Å²) in [6.07, 6.45) is 3.11. The van der Waals surface area contributed by atoms with Gasteiger partial charge in [0.15, 0.2) is 0 Å². The number of halogens is 1. The molecule has 2 aromatic carbocycles. The Labute approximate surface area is 174 Å². The Morgan fingerprint density at radius 1 is 1.10 bits per heavy atom. The number of hydrogen-bond donors (Lipinski definition) is 1. The van der Waals surface area contributed by atoms with E-state index in [1.165, 1.54) is 12.1 Å². The molecule has 1 aliphatic rings. The quantitative estimate of drug-likeness (QED) is 0.718. The van der Waals surface area contributed by atoms with Crippen molar-refractivity contribution in [2.24, 2.45) is 13.0 Å². The second-order valence-corrected chi connectivity index (χ2v) is 7.51. The number of nitrogens with one attached hydrogen (secondary N) is 1. The van der Waals surface area contributed by atoms with E-state index in [4.69, 9.17) is 0 Å². The van der Waals surface area contributed by atoms with Gasteiger partial charge >= 0.3 is 0 Å². The molecule has 1 unspecified atom stereocenters. The van der Waals surface area contributed by atoms with Crippen molar-refractivity contribution in [2.75, 3.05) is 18.4 Å². The summed E-state index contributed by atoms with van der Waals surface area (Å²) in [5.41, 5.74) is 2.85. The van der Waals surface area contributed by atoms with Crippen LogP contribution in [0.3, 0.4) is 0 Å². The van der Waals surface area contributed by atoms with Gasteiger partial charge in [0.2, 0.25) is 5.91 Å². The van der Waals surface area contributed by atoms with Crippen molar-refractivity contribution in [3.05, 3.63) is 72.3 Å². The van der Waals surface area contributed by atoms with E-state index in [0.717, 1.165) is 24.0 Å². The molecule has 30 heavy (non-hydrogen) atoms. The molecule has 0 aliphatic carbocycles. The lowest BCUT2D eigenvalue weighted by molar-refractivity contribution is -0.121. The first-order valence-electron chi connectivity index (χ1n) is 9.95. The topological polar surface area (TPSA) is 67.2 Å². The van der Waals surface area contributed by atoms with Crippen LogP contribution in [0.2, 0.25) is 0 Å². The standard InChI is InChI=1S/C23H23FN4O2/c1-27-21(11-12-25-27)23(30)28-13-3-5-18(15-28)22(29)26-20-9-7-16(8-10-20)17-4-2-6-19(24)14-17/h2,4,6-12,14,18H,3,5,13,15H2,1H3,(H,26,29). The smallest absolute Gasteiger partial charge is 0.272 e. The number of aryl methyl sites for hydroxylation is 1. The zero-order chi connectivity index (χ0) is 21.1. The first-order valence-corrected chi connectivity index (χ1v) is 9.95. The number of rotatable bonds is 4. The second kappa shape index (κ2) is 8.49. The van der Waals surface area contributed by atoms with Crippen LogP contribution in [0.1, 0.15) is 23.3 Å². The molecule has 4 rings (SSSR count). The van der Waals surface area contributed by atoms with Crippen molar-refractivity contribution in [3.63, 3.8) is 0 Å². The van der Waals surface area contributed by atoms with Crippen molar-refractivity contribution in [1.29, 1.82) is 0 Å². The van der Waals surface area contributed by atoms with Crippen LogP contribution in [0, 0.1) is 11.7 Å². The molecule has 7 heteroatoms. The van der Waals surface area contributed by atoms with Gasteiger partial charge in [-0.2, -0.15) is 5.10 Å². The van der Waals surface area contributed by atoms with E-state index in [1.807, 2.05) is 18.2 Å². The zero-order valence-electron chi connectivity index (χ0n) is 16.7. The highest BCUT2D eigenvalue weighted by Crippen LogP contribution is 2.24. The highest BCUT2D eigenvalue weighted by Gasteiger charge is 2.29. The summed E-state index contributed by atoms with van der Waals surface area (Å²) in [4.78, 5) is 27.2. The third kappa shape index (κ3) is 4.25. The summed E-state index contributed by atoms with van der Waals surface area (Å²) in [7, 11) is 1.73. The van der Waals surface area contributed by atoms with Gasteiger partial charge in [0.05, 0.1) is 5.92 Å². The molecular weight excluding hydrogens is 383 g/mol. The number of piperidine rings is 1. The molecular formula is C23H23FN4O2. The normalized spacial score (nSPS) is 16.3. The predicted octanol–water partition coefficient (Wildman–Crippen LogP) is 3.72. The molecule has 3 aromatic rings. The molecule has 6 nitrogen and oxygen atoms in total. The number of nitrogens with zero attached hydrogens (tertiary/aromatic N) is 3. The minimum absolute atomic E-state index is 0.101. The fraction of sp³-hybridized carbons (Fsp3) is 0.261. The number of carbonyl (C=O) groups excluding carboxylic acids is 2. The van der Waals surface area contributed by atoms with Crippen molar-refractivity contribution in [1.82, 2.24) is 14.7 Å². The Morgan fingerprint density at radius 2 is 1.90 bits per heavy atom. The number of likely N-dealkylation sites (tertiary alicyclic amines) is 1. The highest BCUT2D eigenvalue weighted by atomic mass is 19.1. The molecule has 2 amide bonds. The highest BCUT2D eigenvalue weighted by molar-refractivity contribution is 5.95. The number of carbonyl (C=O) groups is 2. The maximum Gasteiger partial charge on any atom is 0.272 e. The van der Waals surface area contributed by atoms with E-state index in [-0.39, 0.29) is 23.5 Å². The lowest BCUT2D eigenvalue weighted by Crippen LogP contribution is -2.44. The SMILES string of the molecule is Cn1nccc1C(=O)N1CCCC(C(=O)Nc2ccc(-c3cccc(F)c3)cc2)C1. The molecule has 0 spiro atoms. The van der Waals surface area contributed by atoms with Crippen LogP contribution < -0.4 is 5.32 Å². The molecule has 1 fully saturated rings. The first-order chi connectivity index (χ1) is 14.5. The number of anilines is 1. The summed E-state index contributed by atoms with van der Waals surface area (Å²) >= 11 is 0. The molecule has 0 bridgehead atoms. The fourth-order valence-electron chi connectivity index (χ4n) is 3.78. The summed E-state index contributed by atoms with van der Waals surface area (Å²) in [5, 5.41) is 6.98. The van der Waals surface area contributed by atoms with Crippen molar-refractivity contribution in [2.45, 2.75) is 12.8 Å². The molecule has 1 atom stereocenters. The molecule has 0 radical (unpaired) electrons. The third-order valence-corrected chi connectivity index (χ3v) is 5.43. The second-order valence-electron chi connectivity index (χ2n) is 7.51. The molecule has 1 N–H and O–H groups in total. The van der Waals surface area contributed by atoms with Crippen LogP contribution in [-0.4, -0.2) is 39.6 Å². The number of aromatic nitrogens is 2. The fourth-order valence-corrected chi connectivity index (χ4v) is 3.78. The van der Waals surface area contributed by atoms with E-state index >= 15 is 0 Å². The van der Waals surface area contributed by atoms with Crippen LogP contribution in [0.25, 0.3) is 11.1 Å². The van der Waals surface area contributed by atoms with Crippen LogP contribution >= 0.6 is 0 Å². The Balaban J connectivity index is 1.40. The van der Waals surface area contributed by atoms with Crippen molar-refractivity contribution >= 4 is 17.5 Å². The number of hydrogen-bond acceptors (Lipinski definition) is 3. The van der Waals surface area contributed by atoms with Gasteiger partial charge in [-0.25, -0.2) is 4.39 Å². The van der Waals surface area contributed by atoms with Gasteiger partial charge in [-0.05, 0) is 54.3 Å². The summed E-state index contributed by atoms with van der Waals surface area (Å²) in [6.45, 7) is 1.02. The molecule has 2 heterocycles. The van der Waals surface area contributed by atoms with Gasteiger partial charge in [0, 0.05) is 32.0 Å². The predicted molar refractivity (Wildman–Crippen MR) is 112 cm³/mol. The largest absolute Gasteiger partial charge is 0.337 e. The van der Waals surface area contributed by atoms with E-state index in [9.17, 15) is 14.0 Å². The van der Waals surface area contributed by atoms with Crippen LogP contribution in [0.15, 0.2) is 60.8 Å². The Bertz CT molecular complexity index is 1060. The van der Waals surface area contributed by atoms with Gasteiger partial charge in [-0.1, -0.05) is 24.3 Å². The minimum atomic E-state index is -0.285. The molecule has 1 aliphatic heterocycles. The maximum atomic E-state index is 13.4. The summed E-state index contributed by atoms with van der Waals surface area (Å²) < 4.78 is 15.0. The average molecular weight is 406 g/mol. The minimum Gasteiger partial charge on any atom is -0.337 e. The Hall–Kier alpha value is -3.48. The van der Waals surface area contributed by atoms with Crippen LogP contribution in [-0.2, 0) is 11.8 Å². The average Bonchev–Trinajstić information content (AvgIpc) is 3.19. The number of benzene rings is 2. The monoisotopic (exact) mass is 406 g/mol. The van der Waals surface area contributed by atoms with Gasteiger partial charge in [0.25, 0.3) is 5.91 Å². The number of amides is 2. The summed E-state index contributed by atoms with van der Waals surface area (Å²) in [5.74, 6) is -0.755. The lowest BCUT2D eigenvalue weighted by Gasteiger charge is -2.32.